The van der Waals surface area contributed by atoms with Crippen LogP contribution in [0, 0.1) is 0 Å². The summed E-state index contributed by atoms with van der Waals surface area (Å²) in [5, 5.41) is 5.50. The third kappa shape index (κ3) is 5.16. The second-order valence-corrected chi connectivity index (χ2v) is 11.1. The maximum absolute atomic E-state index is 13.8. The molecule has 2 aromatic carbocycles. The molecule has 1 aromatic heterocycles. The highest BCUT2D eigenvalue weighted by Gasteiger charge is 2.42. The topological polar surface area (TPSA) is 108 Å². The monoisotopic (exact) mass is 606 g/mol. The molecule has 3 aromatic rings. The van der Waals surface area contributed by atoms with E-state index in [-0.39, 0.29) is 11.3 Å². The number of halogens is 2. The van der Waals surface area contributed by atoms with Crippen LogP contribution >= 0.6 is 31.9 Å². The Bertz CT molecular complexity index is 1340. The molecule has 8 nitrogen and oxygen atoms in total. The average Bonchev–Trinajstić information content (AvgIpc) is 2.81. The number of nitrogens with one attached hydrogen (secondary N) is 2. The highest BCUT2D eigenvalue weighted by Crippen LogP contribution is 2.39. The summed E-state index contributed by atoms with van der Waals surface area (Å²) in [4.78, 5) is 29.7. The molecular formula is C23H20Br2N4O4S. The van der Waals surface area contributed by atoms with Crippen LogP contribution in [-0.4, -0.2) is 37.8 Å². The first kappa shape index (κ1) is 24.4. The van der Waals surface area contributed by atoms with E-state index < -0.39 is 27.9 Å². The van der Waals surface area contributed by atoms with E-state index >= 15 is 0 Å². The van der Waals surface area contributed by atoms with Crippen molar-refractivity contribution in [3.63, 3.8) is 0 Å². The van der Waals surface area contributed by atoms with E-state index in [1.807, 2.05) is 12.1 Å². The fourth-order valence-electron chi connectivity index (χ4n) is 3.66. The molecule has 2 amide bonds. The fraction of sp³-hybridized carbons (Fsp3) is 0.174. The largest absolute Gasteiger partial charge is 0.356 e. The molecule has 34 heavy (non-hydrogen) atoms. The molecular weight excluding hydrogens is 588 g/mol. The lowest BCUT2D eigenvalue weighted by Gasteiger charge is -2.36. The Hall–Kier alpha value is -2.76. The predicted molar refractivity (Wildman–Crippen MR) is 136 cm³/mol. The highest BCUT2D eigenvalue weighted by molar-refractivity contribution is 9.11. The van der Waals surface area contributed by atoms with Gasteiger partial charge in [0.05, 0.1) is 17.8 Å². The van der Waals surface area contributed by atoms with Gasteiger partial charge in [-0.3, -0.25) is 18.9 Å². The van der Waals surface area contributed by atoms with Gasteiger partial charge in [0.25, 0.3) is 10.0 Å². The second kappa shape index (κ2) is 10.2. The van der Waals surface area contributed by atoms with E-state index in [0.717, 1.165) is 9.87 Å². The number of carbonyl (C=O) groups is 2. The number of nitrogens with zero attached hydrogens (tertiary/aromatic N) is 2. The SMILES string of the molecule is O=C(CC1C(=O)Nc2ccccc2N1S(=O)(=O)c1cc(Br)ccc1Br)NCCc1ccncc1. The summed E-state index contributed by atoms with van der Waals surface area (Å²) in [5.41, 5.74) is 1.66. The van der Waals surface area contributed by atoms with Crippen molar-refractivity contribution >= 4 is 65.1 Å². The molecule has 0 fully saturated rings. The van der Waals surface area contributed by atoms with Gasteiger partial charge in [0, 0.05) is 27.9 Å². The van der Waals surface area contributed by atoms with Crippen LogP contribution in [0.4, 0.5) is 11.4 Å². The number of hydrogen-bond donors (Lipinski definition) is 2. The molecule has 0 spiro atoms. The number of hydrogen-bond acceptors (Lipinski definition) is 5. The maximum atomic E-state index is 13.8. The highest BCUT2D eigenvalue weighted by atomic mass is 79.9. The van der Waals surface area contributed by atoms with Crippen LogP contribution in [0.2, 0.25) is 0 Å². The van der Waals surface area contributed by atoms with Gasteiger partial charge in [-0.2, -0.15) is 0 Å². The van der Waals surface area contributed by atoms with Crippen molar-refractivity contribution in [2.24, 2.45) is 0 Å². The van der Waals surface area contributed by atoms with Crippen LogP contribution in [-0.2, 0) is 26.0 Å². The van der Waals surface area contributed by atoms with Crippen molar-refractivity contribution in [3.8, 4) is 0 Å². The molecule has 1 atom stereocenters. The van der Waals surface area contributed by atoms with Crippen LogP contribution in [0.15, 0.2) is 80.8 Å². The zero-order chi connectivity index (χ0) is 24.3. The molecule has 0 saturated heterocycles. The number of para-hydroxylation sites is 2. The van der Waals surface area contributed by atoms with Gasteiger partial charge in [-0.25, -0.2) is 8.42 Å². The van der Waals surface area contributed by atoms with Gasteiger partial charge >= 0.3 is 0 Å². The molecule has 0 saturated carbocycles. The minimum absolute atomic E-state index is 0.0190. The van der Waals surface area contributed by atoms with Gasteiger partial charge in [-0.15, -0.1) is 0 Å². The van der Waals surface area contributed by atoms with Gasteiger partial charge < -0.3 is 10.6 Å². The summed E-state index contributed by atoms with van der Waals surface area (Å²) in [6.45, 7) is 0.345. The van der Waals surface area contributed by atoms with Crippen LogP contribution in [0.1, 0.15) is 12.0 Å². The van der Waals surface area contributed by atoms with E-state index in [1.165, 1.54) is 6.07 Å². The Morgan fingerprint density at radius 1 is 1.09 bits per heavy atom. The van der Waals surface area contributed by atoms with E-state index in [2.05, 4.69) is 47.5 Å². The number of fused-ring (bicyclic) bond motifs is 1. The lowest BCUT2D eigenvalue weighted by Crippen LogP contribution is -2.52. The Labute approximate surface area is 214 Å². The Kier molecular flexibility index (Phi) is 7.34. The second-order valence-electron chi connectivity index (χ2n) is 7.56. The van der Waals surface area contributed by atoms with Crippen molar-refractivity contribution in [1.29, 1.82) is 0 Å². The van der Waals surface area contributed by atoms with Crippen LogP contribution in [0.3, 0.4) is 0 Å². The first-order valence-electron chi connectivity index (χ1n) is 10.3. The molecule has 0 aliphatic carbocycles. The van der Waals surface area contributed by atoms with Gasteiger partial charge in [0.1, 0.15) is 10.9 Å². The molecule has 176 valence electrons. The number of benzene rings is 2. The molecule has 0 bridgehead atoms. The molecule has 1 aliphatic rings. The van der Waals surface area contributed by atoms with Crippen molar-refractivity contribution in [3.05, 3.63) is 81.5 Å². The summed E-state index contributed by atoms with van der Waals surface area (Å²) >= 11 is 6.61. The molecule has 4 rings (SSSR count). The van der Waals surface area contributed by atoms with Crippen LogP contribution < -0.4 is 14.9 Å². The normalized spacial score (nSPS) is 15.4. The third-order valence-corrected chi connectivity index (χ3v) is 8.59. The minimum Gasteiger partial charge on any atom is -0.356 e. The van der Waals surface area contributed by atoms with Crippen LogP contribution in [0.5, 0.6) is 0 Å². The van der Waals surface area contributed by atoms with Crippen molar-refractivity contribution in [1.82, 2.24) is 10.3 Å². The number of amides is 2. The van der Waals surface area contributed by atoms with E-state index in [9.17, 15) is 18.0 Å². The zero-order valence-corrected chi connectivity index (χ0v) is 21.7. The first-order valence-corrected chi connectivity index (χ1v) is 13.3. The van der Waals surface area contributed by atoms with Gasteiger partial charge in [0.2, 0.25) is 11.8 Å². The minimum atomic E-state index is -4.21. The van der Waals surface area contributed by atoms with Crippen LogP contribution in [0.25, 0.3) is 0 Å². The molecule has 1 unspecified atom stereocenters. The van der Waals surface area contributed by atoms with E-state index in [0.29, 0.717) is 33.3 Å². The standard InChI is InChI=1S/C23H20Br2N4O4S/c24-16-5-6-17(25)21(13-16)34(32,33)29-19-4-2-1-3-18(19)28-23(31)20(29)14-22(30)27-12-9-15-7-10-26-11-8-15/h1-8,10-11,13,20H,9,12,14H2,(H,27,30)(H,28,31). The number of rotatable bonds is 7. The van der Waals surface area contributed by atoms with Crippen molar-refractivity contribution < 1.29 is 18.0 Å². The number of carbonyl (C=O) groups excluding carboxylic acids is 2. The fourth-order valence-corrected chi connectivity index (χ4v) is 6.76. The number of pyridine rings is 1. The van der Waals surface area contributed by atoms with Crippen molar-refractivity contribution in [2.45, 2.75) is 23.8 Å². The van der Waals surface area contributed by atoms with Crippen molar-refractivity contribution in [2.75, 3.05) is 16.2 Å². The van der Waals surface area contributed by atoms with E-state index in [1.54, 1.807) is 48.8 Å². The Morgan fingerprint density at radius 3 is 2.59 bits per heavy atom. The van der Waals surface area contributed by atoms with Gasteiger partial charge in [0.15, 0.2) is 0 Å². The Balaban J connectivity index is 1.63. The zero-order valence-electron chi connectivity index (χ0n) is 17.7. The number of sulfonamides is 1. The molecule has 11 heteroatoms. The summed E-state index contributed by atoms with van der Waals surface area (Å²) in [6.07, 6.45) is 3.59. The number of aromatic nitrogens is 1. The van der Waals surface area contributed by atoms with E-state index in [4.69, 9.17) is 0 Å². The summed E-state index contributed by atoms with van der Waals surface area (Å²) in [7, 11) is -4.21. The lowest BCUT2D eigenvalue weighted by molar-refractivity contribution is -0.125. The average molecular weight is 608 g/mol. The van der Waals surface area contributed by atoms with Gasteiger partial charge in [-0.1, -0.05) is 28.1 Å². The molecule has 0 radical (unpaired) electrons. The Morgan fingerprint density at radius 2 is 1.82 bits per heavy atom. The third-order valence-electron chi connectivity index (χ3n) is 5.28. The summed E-state index contributed by atoms with van der Waals surface area (Å²) in [6, 6.07) is 13.8. The van der Waals surface area contributed by atoms with Gasteiger partial charge in [-0.05, 0) is 70.4 Å². The smallest absolute Gasteiger partial charge is 0.266 e. The number of anilines is 2. The molecule has 1 aliphatic heterocycles. The summed E-state index contributed by atoms with van der Waals surface area (Å²) in [5.74, 6) is -1.00. The predicted octanol–water partition coefficient (Wildman–Crippen LogP) is 3.87. The first-order chi connectivity index (χ1) is 16.3. The molecule has 2 heterocycles. The maximum Gasteiger partial charge on any atom is 0.266 e. The molecule has 2 N–H and O–H groups in total. The summed E-state index contributed by atoms with van der Waals surface area (Å²) < 4.78 is 29.6. The lowest BCUT2D eigenvalue weighted by atomic mass is 10.1. The quantitative estimate of drug-likeness (QED) is 0.424.